The van der Waals surface area contributed by atoms with Crippen LogP contribution in [0.15, 0.2) is 0 Å². The van der Waals surface area contributed by atoms with Crippen LogP contribution in [0, 0.1) is 0 Å². The van der Waals surface area contributed by atoms with Gasteiger partial charge in [-0.1, -0.05) is 0 Å². The Morgan fingerprint density at radius 1 is 1.83 bits per heavy atom. The maximum atomic E-state index is 10.1. The maximum absolute atomic E-state index is 10.1. The Balaban J connectivity index is 2.37. The van der Waals surface area contributed by atoms with Crippen molar-refractivity contribution >= 4 is 5.91 Å². The highest BCUT2D eigenvalue weighted by Gasteiger charge is 2.13. The van der Waals surface area contributed by atoms with Gasteiger partial charge < -0.3 is 0 Å². The van der Waals surface area contributed by atoms with Gasteiger partial charge in [0.1, 0.15) is 6.61 Å². The van der Waals surface area contributed by atoms with Gasteiger partial charge in [0, 0.05) is 0 Å². The van der Waals surface area contributed by atoms with Gasteiger partial charge in [0.05, 0.1) is 6.42 Å². The van der Waals surface area contributed by atoms with Crippen LogP contribution in [0.25, 0.3) is 0 Å². The number of hydroxylamine groups is 1. The van der Waals surface area contributed by atoms with E-state index < -0.39 is 0 Å². The molecule has 0 bridgehead atoms. The number of carbonyl (C=O) groups excluding carboxylic acids is 1. The first-order valence-electron chi connectivity index (χ1n) is 1.87. The molecule has 1 aliphatic heterocycles. The quantitative estimate of drug-likeness (QED) is 0.388. The van der Waals surface area contributed by atoms with Gasteiger partial charge in [-0.25, -0.2) is 4.79 Å². The average Bonchev–Trinajstić information content (AvgIpc) is 1.86. The lowest BCUT2D eigenvalue weighted by Gasteiger charge is -1.73. The minimum atomic E-state index is 0.106. The molecule has 34 valence electrons. The fourth-order valence-corrected chi connectivity index (χ4v) is 0.370. The van der Waals surface area contributed by atoms with Crippen molar-refractivity contribution in [3.8, 4) is 0 Å². The summed E-state index contributed by atoms with van der Waals surface area (Å²) in [6.45, 7) is 0.582. The zero-order chi connectivity index (χ0) is 4.41. The first-order valence-corrected chi connectivity index (χ1v) is 1.87. The second-order valence-electron chi connectivity index (χ2n) is 1.20. The Morgan fingerprint density at radius 2 is 2.67 bits per heavy atom. The lowest BCUT2D eigenvalue weighted by molar-refractivity contribution is -0.811. The van der Waals surface area contributed by atoms with Gasteiger partial charge >= 0.3 is 5.91 Å². The van der Waals surface area contributed by atoms with Crippen LogP contribution >= 0.6 is 0 Å². The summed E-state index contributed by atoms with van der Waals surface area (Å²) in [6, 6.07) is 0. The highest BCUT2D eigenvalue weighted by molar-refractivity contribution is 5.65. The molecule has 1 rings (SSSR count). The molecule has 3 heteroatoms. The normalized spacial score (nSPS) is 22.3. The van der Waals surface area contributed by atoms with Crippen molar-refractivity contribution in [1.82, 2.24) is 0 Å². The summed E-state index contributed by atoms with van der Waals surface area (Å²) in [5, 5.41) is 0. The lowest BCUT2D eigenvalue weighted by atomic mass is 10.5. The summed E-state index contributed by atoms with van der Waals surface area (Å²) < 4.78 is 0. The zero-order valence-corrected chi connectivity index (χ0v) is 3.31. The molecule has 1 aliphatic rings. The largest absolute Gasteiger partial charge is 0.344 e. The van der Waals surface area contributed by atoms with Crippen LogP contribution in [0.5, 0.6) is 0 Å². The van der Waals surface area contributed by atoms with Crippen LogP contribution in [-0.4, -0.2) is 12.5 Å². The second-order valence-corrected chi connectivity index (χ2v) is 1.20. The monoisotopic (exact) mass is 88.0 g/mol. The summed E-state index contributed by atoms with van der Waals surface area (Å²) in [5.74, 6) is 0.106. The molecule has 0 aromatic carbocycles. The van der Waals surface area contributed by atoms with E-state index in [9.17, 15) is 4.79 Å². The van der Waals surface area contributed by atoms with Crippen molar-refractivity contribution in [3.63, 3.8) is 0 Å². The molecule has 6 heavy (non-hydrogen) atoms. The predicted octanol–water partition coefficient (Wildman–Crippen LogP) is -1.59. The summed E-state index contributed by atoms with van der Waals surface area (Å²) in [6.07, 6.45) is 0.569. The third-order valence-electron chi connectivity index (χ3n) is 0.681. The Labute approximate surface area is 35.2 Å². The van der Waals surface area contributed by atoms with Gasteiger partial charge in [-0.05, 0) is 0 Å². The molecule has 0 atom stereocenters. The van der Waals surface area contributed by atoms with Crippen LogP contribution < -0.4 is 5.48 Å². The Kier molecular flexibility index (Phi) is 0.856. The number of hydrogen-bond donors (Lipinski definition) is 1. The van der Waals surface area contributed by atoms with E-state index in [1.54, 1.807) is 0 Å². The summed E-state index contributed by atoms with van der Waals surface area (Å²) in [4.78, 5) is 14.6. The summed E-state index contributed by atoms with van der Waals surface area (Å²) >= 11 is 0. The number of hydrogen-bond acceptors (Lipinski definition) is 2. The van der Waals surface area contributed by atoms with Crippen molar-refractivity contribution in [2.75, 3.05) is 6.61 Å². The minimum Gasteiger partial charge on any atom is -0.228 e. The van der Waals surface area contributed by atoms with Crippen LogP contribution in [0.4, 0.5) is 0 Å². The van der Waals surface area contributed by atoms with Gasteiger partial charge in [-0.15, -0.1) is 5.48 Å². The molecule has 0 unspecified atom stereocenters. The van der Waals surface area contributed by atoms with Gasteiger partial charge in [0.2, 0.25) is 0 Å². The van der Waals surface area contributed by atoms with Crippen LogP contribution in [0.2, 0.25) is 0 Å². The van der Waals surface area contributed by atoms with Gasteiger partial charge in [0.25, 0.3) is 0 Å². The van der Waals surface area contributed by atoms with E-state index in [0.717, 1.165) is 0 Å². The molecule has 1 fully saturated rings. The average molecular weight is 88.1 g/mol. The molecule has 3 nitrogen and oxygen atoms in total. The molecule has 1 heterocycles. The maximum Gasteiger partial charge on any atom is 0.344 e. The smallest absolute Gasteiger partial charge is 0.228 e. The van der Waals surface area contributed by atoms with E-state index in [4.69, 9.17) is 0 Å². The van der Waals surface area contributed by atoms with E-state index in [0.29, 0.717) is 13.0 Å². The van der Waals surface area contributed by atoms with E-state index in [1.807, 2.05) is 0 Å². The topological polar surface area (TPSA) is 42.9 Å². The molecule has 0 saturated carbocycles. The highest BCUT2D eigenvalue weighted by Crippen LogP contribution is 1.77. The number of amides is 1. The van der Waals surface area contributed by atoms with E-state index in [-0.39, 0.29) is 5.91 Å². The predicted molar refractivity (Wildman–Crippen MR) is 17.5 cm³/mol. The van der Waals surface area contributed by atoms with Crippen LogP contribution in [0.1, 0.15) is 6.42 Å². The molecular formula is C3H6NO2+. The highest BCUT2D eigenvalue weighted by atomic mass is 16.7. The first-order chi connectivity index (χ1) is 2.89. The van der Waals surface area contributed by atoms with Gasteiger partial charge in [-0.2, -0.15) is 4.84 Å². The molecule has 0 radical (unpaired) electrons. The lowest BCUT2D eigenvalue weighted by Crippen LogP contribution is -2.83. The number of carbonyl (C=O) groups is 1. The second kappa shape index (κ2) is 1.36. The molecular weight excluding hydrogens is 82.0 g/mol. The third kappa shape index (κ3) is 0.555. The zero-order valence-electron chi connectivity index (χ0n) is 3.31. The van der Waals surface area contributed by atoms with E-state index >= 15 is 0 Å². The third-order valence-corrected chi connectivity index (χ3v) is 0.681. The minimum absolute atomic E-state index is 0.106. The molecule has 0 aliphatic carbocycles. The Bertz CT molecular complexity index is 63.2. The van der Waals surface area contributed by atoms with Gasteiger partial charge in [0.15, 0.2) is 0 Å². The molecule has 0 aromatic rings. The number of quaternary nitrogens is 1. The first kappa shape index (κ1) is 3.77. The molecule has 0 spiro atoms. The van der Waals surface area contributed by atoms with Crippen LogP contribution in [-0.2, 0) is 9.63 Å². The number of nitrogens with two attached hydrogens (primary N) is 1. The van der Waals surface area contributed by atoms with Crippen molar-refractivity contribution < 1.29 is 15.1 Å². The molecule has 0 aromatic heterocycles. The summed E-state index contributed by atoms with van der Waals surface area (Å²) in [5.41, 5.74) is 1.26. The van der Waals surface area contributed by atoms with E-state index in [1.165, 1.54) is 5.48 Å². The Morgan fingerprint density at radius 3 is 2.83 bits per heavy atom. The SMILES string of the molecule is O=C1CCO[NH2+]1. The van der Waals surface area contributed by atoms with Gasteiger partial charge in [-0.3, -0.25) is 0 Å². The van der Waals surface area contributed by atoms with Crippen molar-refractivity contribution in [1.29, 1.82) is 0 Å². The van der Waals surface area contributed by atoms with Crippen molar-refractivity contribution in [3.05, 3.63) is 0 Å². The van der Waals surface area contributed by atoms with E-state index in [2.05, 4.69) is 4.84 Å². The standard InChI is InChI=1S/C3H5NO2/c5-3-1-2-6-4-3/h1-2H2,(H,4,5)/p+1. The van der Waals surface area contributed by atoms with Crippen LogP contribution in [0.3, 0.4) is 0 Å². The molecule has 2 N–H and O–H groups in total. The van der Waals surface area contributed by atoms with Crippen molar-refractivity contribution in [2.24, 2.45) is 0 Å². The molecule has 1 saturated heterocycles. The fraction of sp³-hybridized carbons (Fsp3) is 0.667. The number of primary amides is 1. The Hall–Kier alpha value is -0.410. The fourth-order valence-electron chi connectivity index (χ4n) is 0.370. The van der Waals surface area contributed by atoms with Crippen molar-refractivity contribution in [2.45, 2.75) is 6.42 Å². The summed E-state index contributed by atoms with van der Waals surface area (Å²) in [7, 11) is 0. The number of rotatable bonds is 0. The molecule has 1 amide bonds.